The fourth-order valence-corrected chi connectivity index (χ4v) is 7.41. The SMILES string of the molecule is COC1CCN(c2ccc(N3CCN(CC4CC4)CC3)c(C3CC(C)(C)CC(C)(C)C3)c2)C1. The Balaban J connectivity index is 1.41. The summed E-state index contributed by atoms with van der Waals surface area (Å²) in [5.41, 5.74) is 5.34. The molecular formula is C29H47N3O. The molecule has 4 fully saturated rings. The summed E-state index contributed by atoms with van der Waals surface area (Å²) in [5.74, 6) is 1.64. The number of benzene rings is 1. The molecule has 5 rings (SSSR count). The van der Waals surface area contributed by atoms with Gasteiger partial charge in [0, 0.05) is 64.3 Å². The van der Waals surface area contributed by atoms with E-state index in [0.717, 1.165) is 25.4 Å². The van der Waals surface area contributed by atoms with Crippen molar-refractivity contribution in [2.24, 2.45) is 16.7 Å². The summed E-state index contributed by atoms with van der Waals surface area (Å²) >= 11 is 0. The van der Waals surface area contributed by atoms with Crippen LogP contribution in [0.25, 0.3) is 0 Å². The van der Waals surface area contributed by atoms with Gasteiger partial charge in [0.2, 0.25) is 0 Å². The van der Waals surface area contributed by atoms with Crippen molar-refractivity contribution in [2.75, 3.05) is 62.7 Å². The van der Waals surface area contributed by atoms with E-state index < -0.39 is 0 Å². The Kier molecular flexibility index (Phi) is 6.46. The van der Waals surface area contributed by atoms with Crippen LogP contribution in [0, 0.1) is 16.7 Å². The zero-order valence-corrected chi connectivity index (χ0v) is 21.9. The molecule has 4 aliphatic rings. The first-order chi connectivity index (χ1) is 15.7. The molecule has 4 heteroatoms. The van der Waals surface area contributed by atoms with Gasteiger partial charge < -0.3 is 14.5 Å². The predicted octanol–water partition coefficient (Wildman–Crippen LogP) is 5.76. The first kappa shape index (κ1) is 23.5. The standard InChI is InChI=1S/C29H47N3O/c1-28(2)17-23(18-29(3,4)21-28)26-16-24(32-11-10-25(20-32)33-5)8-9-27(26)31-14-12-30(13-15-31)19-22-6-7-22/h8-9,16,22-23,25H,6-7,10-15,17-21H2,1-5H3. The fraction of sp³-hybridized carbons (Fsp3) is 0.793. The first-order valence-corrected chi connectivity index (χ1v) is 13.6. The van der Waals surface area contributed by atoms with E-state index in [1.165, 1.54) is 76.2 Å². The zero-order valence-electron chi connectivity index (χ0n) is 21.9. The van der Waals surface area contributed by atoms with E-state index in [9.17, 15) is 0 Å². The van der Waals surface area contributed by atoms with E-state index in [0.29, 0.717) is 22.9 Å². The van der Waals surface area contributed by atoms with Crippen molar-refractivity contribution in [1.29, 1.82) is 0 Å². The summed E-state index contributed by atoms with van der Waals surface area (Å²) in [6, 6.07) is 7.44. The third-order valence-corrected chi connectivity index (χ3v) is 8.78. The number of methoxy groups -OCH3 is 1. The van der Waals surface area contributed by atoms with Gasteiger partial charge in [0.25, 0.3) is 0 Å². The molecule has 2 saturated heterocycles. The number of hydrogen-bond acceptors (Lipinski definition) is 4. The Morgan fingerprint density at radius 1 is 0.879 bits per heavy atom. The van der Waals surface area contributed by atoms with E-state index in [2.05, 4.69) is 60.6 Å². The van der Waals surface area contributed by atoms with Gasteiger partial charge in [-0.05, 0) is 85.0 Å². The van der Waals surface area contributed by atoms with Crippen LogP contribution in [-0.2, 0) is 4.74 Å². The molecule has 1 aromatic carbocycles. The highest BCUT2D eigenvalue weighted by atomic mass is 16.5. The molecule has 184 valence electrons. The van der Waals surface area contributed by atoms with Crippen LogP contribution in [0.2, 0.25) is 0 Å². The van der Waals surface area contributed by atoms with Crippen molar-refractivity contribution in [3.05, 3.63) is 23.8 Å². The van der Waals surface area contributed by atoms with E-state index in [-0.39, 0.29) is 0 Å². The Labute approximate surface area is 202 Å². The smallest absolute Gasteiger partial charge is 0.0762 e. The van der Waals surface area contributed by atoms with Crippen LogP contribution < -0.4 is 9.80 Å². The van der Waals surface area contributed by atoms with Gasteiger partial charge in [0.05, 0.1) is 6.10 Å². The quantitative estimate of drug-likeness (QED) is 0.545. The molecule has 0 spiro atoms. The maximum atomic E-state index is 5.67. The van der Waals surface area contributed by atoms with Gasteiger partial charge in [0.1, 0.15) is 0 Å². The van der Waals surface area contributed by atoms with Gasteiger partial charge in [-0.15, -0.1) is 0 Å². The second-order valence-electron chi connectivity index (χ2n) is 13.2. The summed E-state index contributed by atoms with van der Waals surface area (Å²) in [6.45, 7) is 18.2. The molecule has 2 aliphatic carbocycles. The molecule has 4 nitrogen and oxygen atoms in total. The van der Waals surface area contributed by atoms with Crippen LogP contribution in [0.3, 0.4) is 0 Å². The van der Waals surface area contributed by atoms with Gasteiger partial charge in [-0.2, -0.15) is 0 Å². The van der Waals surface area contributed by atoms with Crippen LogP contribution in [-0.4, -0.2) is 63.9 Å². The molecule has 0 aromatic heterocycles. The van der Waals surface area contributed by atoms with Crippen molar-refractivity contribution in [3.63, 3.8) is 0 Å². The van der Waals surface area contributed by atoms with E-state index >= 15 is 0 Å². The van der Waals surface area contributed by atoms with Crippen LogP contribution in [0.5, 0.6) is 0 Å². The minimum atomic E-state index is 0.375. The zero-order chi connectivity index (χ0) is 23.2. The minimum Gasteiger partial charge on any atom is -0.380 e. The summed E-state index contributed by atoms with van der Waals surface area (Å²) in [6.07, 6.45) is 8.36. The summed E-state index contributed by atoms with van der Waals surface area (Å²) in [4.78, 5) is 7.97. The largest absolute Gasteiger partial charge is 0.380 e. The Morgan fingerprint density at radius 3 is 2.18 bits per heavy atom. The highest BCUT2D eigenvalue weighted by molar-refractivity contribution is 5.64. The average molecular weight is 454 g/mol. The van der Waals surface area contributed by atoms with Crippen LogP contribution >= 0.6 is 0 Å². The summed E-state index contributed by atoms with van der Waals surface area (Å²) in [7, 11) is 1.86. The average Bonchev–Trinajstić information content (AvgIpc) is 3.44. The lowest BCUT2D eigenvalue weighted by Crippen LogP contribution is -2.47. The van der Waals surface area contributed by atoms with Gasteiger partial charge in [0.15, 0.2) is 0 Å². The van der Waals surface area contributed by atoms with Crippen molar-refractivity contribution >= 4 is 11.4 Å². The molecule has 2 saturated carbocycles. The third kappa shape index (κ3) is 5.53. The van der Waals surface area contributed by atoms with E-state index in [1.807, 2.05) is 7.11 Å². The second-order valence-corrected chi connectivity index (χ2v) is 13.2. The maximum absolute atomic E-state index is 5.67. The van der Waals surface area contributed by atoms with Crippen LogP contribution in [0.1, 0.15) is 77.7 Å². The molecule has 0 N–H and O–H groups in total. The molecule has 0 radical (unpaired) electrons. The number of nitrogens with zero attached hydrogens (tertiary/aromatic N) is 3. The van der Waals surface area contributed by atoms with Gasteiger partial charge >= 0.3 is 0 Å². The molecule has 2 heterocycles. The maximum Gasteiger partial charge on any atom is 0.0762 e. The van der Waals surface area contributed by atoms with Crippen molar-refractivity contribution in [2.45, 2.75) is 78.2 Å². The van der Waals surface area contributed by atoms with Gasteiger partial charge in [-0.3, -0.25) is 4.90 Å². The van der Waals surface area contributed by atoms with Gasteiger partial charge in [-0.1, -0.05) is 27.7 Å². The lowest BCUT2D eigenvalue weighted by molar-refractivity contribution is 0.0970. The number of ether oxygens (including phenoxy) is 1. The van der Waals surface area contributed by atoms with Gasteiger partial charge in [-0.25, -0.2) is 0 Å². The van der Waals surface area contributed by atoms with Crippen LogP contribution in [0.15, 0.2) is 18.2 Å². The van der Waals surface area contributed by atoms with Crippen molar-refractivity contribution in [3.8, 4) is 0 Å². The molecular weight excluding hydrogens is 406 g/mol. The predicted molar refractivity (Wildman–Crippen MR) is 140 cm³/mol. The lowest BCUT2D eigenvalue weighted by atomic mass is 9.60. The molecule has 33 heavy (non-hydrogen) atoms. The Bertz CT molecular complexity index is 806. The Morgan fingerprint density at radius 2 is 1.58 bits per heavy atom. The third-order valence-electron chi connectivity index (χ3n) is 8.78. The molecule has 1 aromatic rings. The molecule has 2 aliphatic heterocycles. The number of anilines is 2. The number of hydrogen-bond donors (Lipinski definition) is 0. The molecule has 1 unspecified atom stereocenters. The summed E-state index contributed by atoms with van der Waals surface area (Å²) < 4.78 is 5.67. The number of rotatable bonds is 6. The van der Waals surface area contributed by atoms with Crippen molar-refractivity contribution in [1.82, 2.24) is 4.90 Å². The fourth-order valence-electron chi connectivity index (χ4n) is 7.41. The highest BCUT2D eigenvalue weighted by Crippen LogP contribution is 2.53. The van der Waals surface area contributed by atoms with Crippen LogP contribution in [0.4, 0.5) is 11.4 Å². The van der Waals surface area contributed by atoms with Crippen molar-refractivity contribution < 1.29 is 4.74 Å². The monoisotopic (exact) mass is 453 g/mol. The molecule has 0 bridgehead atoms. The topological polar surface area (TPSA) is 19.0 Å². The molecule has 0 amide bonds. The van der Waals surface area contributed by atoms with E-state index in [1.54, 1.807) is 5.56 Å². The van der Waals surface area contributed by atoms with E-state index in [4.69, 9.17) is 4.74 Å². The normalized spacial score (nSPS) is 28.5. The lowest BCUT2D eigenvalue weighted by Gasteiger charge is -2.46. The second kappa shape index (κ2) is 9.07. The summed E-state index contributed by atoms with van der Waals surface area (Å²) in [5, 5.41) is 0. The molecule has 1 atom stereocenters. The highest BCUT2D eigenvalue weighted by Gasteiger charge is 2.40. The Hall–Kier alpha value is -1.26. The minimum absolute atomic E-state index is 0.375. The first-order valence-electron chi connectivity index (χ1n) is 13.6. The number of piperazine rings is 1.